The zero-order valence-electron chi connectivity index (χ0n) is 12.6. The molecule has 1 aliphatic heterocycles. The Balaban J connectivity index is 2.29. The molecule has 0 aromatic heterocycles. The van der Waals surface area contributed by atoms with E-state index in [9.17, 15) is 14.4 Å². The second kappa shape index (κ2) is 7.82. The standard InChI is InChI=1S/C13H23N3O5/c1-4-16(3)11(17)8(2)15-13(20)14-7-9-5-6-10(21-9)12(18)19/h8-10H,4-7H2,1-3H3,(H,18,19)(H2,14,15,20). The van der Waals surface area contributed by atoms with E-state index in [0.29, 0.717) is 19.4 Å². The first kappa shape index (κ1) is 17.2. The molecule has 1 heterocycles. The highest BCUT2D eigenvalue weighted by Crippen LogP contribution is 2.19. The summed E-state index contributed by atoms with van der Waals surface area (Å²) in [5.74, 6) is -1.15. The number of nitrogens with one attached hydrogen (secondary N) is 2. The molecule has 3 atom stereocenters. The summed E-state index contributed by atoms with van der Waals surface area (Å²) in [6.07, 6.45) is -0.0659. The minimum Gasteiger partial charge on any atom is -0.479 e. The Morgan fingerprint density at radius 3 is 2.57 bits per heavy atom. The van der Waals surface area contributed by atoms with E-state index in [0.717, 1.165) is 0 Å². The number of carboxylic acids is 1. The van der Waals surface area contributed by atoms with Crippen LogP contribution in [0.3, 0.4) is 0 Å². The summed E-state index contributed by atoms with van der Waals surface area (Å²) >= 11 is 0. The average molecular weight is 301 g/mol. The zero-order chi connectivity index (χ0) is 16.0. The summed E-state index contributed by atoms with van der Waals surface area (Å²) in [6.45, 7) is 4.25. The predicted molar refractivity (Wildman–Crippen MR) is 74.8 cm³/mol. The Morgan fingerprint density at radius 1 is 1.38 bits per heavy atom. The van der Waals surface area contributed by atoms with E-state index in [1.165, 1.54) is 4.90 Å². The number of amides is 3. The maximum absolute atomic E-state index is 11.8. The number of rotatable bonds is 6. The van der Waals surface area contributed by atoms with Crippen LogP contribution in [0.2, 0.25) is 0 Å². The fourth-order valence-electron chi connectivity index (χ4n) is 2.04. The Bertz CT molecular complexity index is 401. The van der Waals surface area contributed by atoms with Gasteiger partial charge in [0, 0.05) is 20.1 Å². The van der Waals surface area contributed by atoms with Crippen molar-refractivity contribution in [3.63, 3.8) is 0 Å². The molecule has 0 saturated carbocycles. The number of carboxylic acid groups (broad SMARTS) is 1. The van der Waals surface area contributed by atoms with Gasteiger partial charge in [0.15, 0.2) is 6.10 Å². The zero-order valence-corrected chi connectivity index (χ0v) is 12.6. The fraction of sp³-hybridized carbons (Fsp3) is 0.769. The van der Waals surface area contributed by atoms with Crippen molar-refractivity contribution in [2.75, 3.05) is 20.1 Å². The number of ether oxygens (including phenoxy) is 1. The molecule has 1 rings (SSSR count). The van der Waals surface area contributed by atoms with Crippen LogP contribution in [0.25, 0.3) is 0 Å². The number of nitrogens with zero attached hydrogens (tertiary/aromatic N) is 1. The fourth-order valence-corrected chi connectivity index (χ4v) is 2.04. The van der Waals surface area contributed by atoms with E-state index >= 15 is 0 Å². The summed E-state index contributed by atoms with van der Waals surface area (Å²) in [5, 5.41) is 13.9. The van der Waals surface area contributed by atoms with Crippen molar-refractivity contribution in [2.45, 2.75) is 44.9 Å². The molecule has 1 aliphatic rings. The summed E-state index contributed by atoms with van der Waals surface area (Å²) < 4.78 is 5.26. The van der Waals surface area contributed by atoms with Gasteiger partial charge >= 0.3 is 12.0 Å². The van der Waals surface area contributed by atoms with Crippen molar-refractivity contribution >= 4 is 17.9 Å². The molecular weight excluding hydrogens is 278 g/mol. The van der Waals surface area contributed by atoms with Gasteiger partial charge in [0.2, 0.25) is 5.91 Å². The van der Waals surface area contributed by atoms with Gasteiger partial charge in [-0.25, -0.2) is 9.59 Å². The Kier molecular flexibility index (Phi) is 6.41. The van der Waals surface area contributed by atoms with Gasteiger partial charge in [-0.3, -0.25) is 4.79 Å². The molecular formula is C13H23N3O5. The third-order valence-electron chi connectivity index (χ3n) is 3.44. The summed E-state index contributed by atoms with van der Waals surface area (Å²) in [5.41, 5.74) is 0. The molecule has 120 valence electrons. The molecule has 21 heavy (non-hydrogen) atoms. The second-order valence-corrected chi connectivity index (χ2v) is 5.09. The number of carbonyl (C=O) groups excluding carboxylic acids is 2. The monoisotopic (exact) mass is 301 g/mol. The molecule has 3 N–H and O–H groups in total. The molecule has 0 aromatic rings. The van der Waals surface area contributed by atoms with E-state index < -0.39 is 24.1 Å². The molecule has 8 nitrogen and oxygen atoms in total. The molecule has 0 spiro atoms. The van der Waals surface area contributed by atoms with Crippen LogP contribution < -0.4 is 10.6 Å². The van der Waals surface area contributed by atoms with Crippen molar-refractivity contribution in [2.24, 2.45) is 0 Å². The van der Waals surface area contributed by atoms with Gasteiger partial charge in [0.1, 0.15) is 6.04 Å². The largest absolute Gasteiger partial charge is 0.479 e. The molecule has 3 unspecified atom stereocenters. The van der Waals surface area contributed by atoms with Gasteiger partial charge < -0.3 is 25.4 Å². The number of hydrogen-bond donors (Lipinski definition) is 3. The average Bonchev–Trinajstić information content (AvgIpc) is 2.92. The van der Waals surface area contributed by atoms with Gasteiger partial charge in [-0.15, -0.1) is 0 Å². The molecule has 3 amide bonds. The Morgan fingerprint density at radius 2 is 2.05 bits per heavy atom. The van der Waals surface area contributed by atoms with Gasteiger partial charge in [-0.05, 0) is 26.7 Å². The molecule has 0 radical (unpaired) electrons. The first-order valence-corrected chi connectivity index (χ1v) is 7.02. The van der Waals surface area contributed by atoms with Crippen molar-refractivity contribution < 1.29 is 24.2 Å². The number of likely N-dealkylation sites (N-methyl/N-ethyl adjacent to an activating group) is 1. The quantitative estimate of drug-likeness (QED) is 0.629. The second-order valence-electron chi connectivity index (χ2n) is 5.09. The van der Waals surface area contributed by atoms with Crippen LogP contribution in [-0.4, -0.2) is 66.3 Å². The van der Waals surface area contributed by atoms with E-state index in [1.54, 1.807) is 14.0 Å². The highest BCUT2D eigenvalue weighted by atomic mass is 16.5. The van der Waals surface area contributed by atoms with E-state index in [-0.39, 0.29) is 18.6 Å². The van der Waals surface area contributed by atoms with Crippen molar-refractivity contribution in [3.05, 3.63) is 0 Å². The van der Waals surface area contributed by atoms with Gasteiger partial charge in [-0.2, -0.15) is 0 Å². The van der Waals surface area contributed by atoms with Crippen molar-refractivity contribution in [3.8, 4) is 0 Å². The lowest BCUT2D eigenvalue weighted by atomic mass is 10.2. The first-order chi connectivity index (χ1) is 9.85. The van der Waals surface area contributed by atoms with Crippen LogP contribution in [0.4, 0.5) is 4.79 Å². The molecule has 0 aromatic carbocycles. The van der Waals surface area contributed by atoms with Gasteiger partial charge in [0.25, 0.3) is 0 Å². The SMILES string of the molecule is CCN(C)C(=O)C(C)NC(=O)NCC1CCC(C(=O)O)O1. The van der Waals surface area contributed by atoms with Crippen LogP contribution in [-0.2, 0) is 14.3 Å². The summed E-state index contributed by atoms with van der Waals surface area (Å²) in [7, 11) is 1.66. The molecule has 0 aliphatic carbocycles. The first-order valence-electron chi connectivity index (χ1n) is 7.02. The minimum absolute atomic E-state index is 0.171. The van der Waals surface area contributed by atoms with Crippen molar-refractivity contribution in [1.82, 2.24) is 15.5 Å². The smallest absolute Gasteiger partial charge is 0.332 e. The van der Waals surface area contributed by atoms with E-state index in [1.807, 2.05) is 6.92 Å². The molecule has 1 saturated heterocycles. The summed E-state index contributed by atoms with van der Waals surface area (Å²) in [6, 6.07) is -1.09. The van der Waals surface area contributed by atoms with Crippen LogP contribution in [0, 0.1) is 0 Å². The van der Waals surface area contributed by atoms with E-state index in [2.05, 4.69) is 10.6 Å². The van der Waals surface area contributed by atoms with Gasteiger partial charge in [0.05, 0.1) is 6.10 Å². The molecule has 8 heteroatoms. The Labute approximate surface area is 123 Å². The van der Waals surface area contributed by atoms with Crippen LogP contribution in [0.1, 0.15) is 26.7 Å². The normalized spacial score (nSPS) is 22.4. The number of carbonyl (C=O) groups is 3. The lowest BCUT2D eigenvalue weighted by Gasteiger charge is -2.21. The summed E-state index contributed by atoms with van der Waals surface area (Å²) in [4.78, 5) is 35.7. The van der Waals surface area contributed by atoms with Crippen LogP contribution >= 0.6 is 0 Å². The number of aliphatic carboxylic acids is 1. The third kappa shape index (κ3) is 5.22. The molecule has 1 fully saturated rings. The predicted octanol–water partition coefficient (Wildman–Crippen LogP) is -0.215. The van der Waals surface area contributed by atoms with Gasteiger partial charge in [-0.1, -0.05) is 0 Å². The highest BCUT2D eigenvalue weighted by Gasteiger charge is 2.30. The third-order valence-corrected chi connectivity index (χ3v) is 3.44. The van der Waals surface area contributed by atoms with Crippen LogP contribution in [0.5, 0.6) is 0 Å². The highest BCUT2D eigenvalue weighted by molar-refractivity contribution is 5.86. The topological polar surface area (TPSA) is 108 Å². The minimum atomic E-state index is -0.983. The van der Waals surface area contributed by atoms with Crippen LogP contribution in [0.15, 0.2) is 0 Å². The van der Waals surface area contributed by atoms with E-state index in [4.69, 9.17) is 9.84 Å². The maximum Gasteiger partial charge on any atom is 0.332 e. The number of hydrogen-bond acceptors (Lipinski definition) is 4. The van der Waals surface area contributed by atoms with Crippen molar-refractivity contribution in [1.29, 1.82) is 0 Å². The lowest BCUT2D eigenvalue weighted by molar-refractivity contribution is -0.149. The molecule has 0 bridgehead atoms. The lowest BCUT2D eigenvalue weighted by Crippen LogP contribution is -2.49. The number of urea groups is 1. The maximum atomic E-state index is 11.8. The Hall–Kier alpha value is -1.83.